The van der Waals surface area contributed by atoms with Crippen molar-refractivity contribution in [2.45, 2.75) is 25.3 Å². The van der Waals surface area contributed by atoms with Gasteiger partial charge in [0.25, 0.3) is 5.91 Å². The topological polar surface area (TPSA) is 60.9 Å². The fraction of sp³-hybridized carbons (Fsp3) is 0.409. The summed E-state index contributed by atoms with van der Waals surface area (Å²) in [7, 11) is -3.58. The van der Waals surface area contributed by atoms with E-state index in [0.29, 0.717) is 31.7 Å². The van der Waals surface area contributed by atoms with Crippen molar-refractivity contribution in [3.05, 3.63) is 65.7 Å². The predicted octanol–water partition coefficient (Wildman–Crippen LogP) is 2.68. The number of carbonyl (C=O) groups is 1. The lowest BCUT2D eigenvalue weighted by Gasteiger charge is -2.34. The molecule has 29 heavy (non-hydrogen) atoms. The van der Waals surface area contributed by atoms with Crippen molar-refractivity contribution >= 4 is 15.9 Å². The van der Waals surface area contributed by atoms with Crippen LogP contribution in [0.25, 0.3) is 0 Å². The van der Waals surface area contributed by atoms with Crippen molar-refractivity contribution in [3.63, 3.8) is 0 Å². The largest absolute Gasteiger partial charge is 0.336 e. The molecule has 7 heteroatoms. The molecule has 1 fully saturated rings. The zero-order chi connectivity index (χ0) is 20.9. The summed E-state index contributed by atoms with van der Waals surface area (Å²) in [5.41, 5.74) is 1.69. The fourth-order valence-corrected chi connectivity index (χ4v) is 5.14. The molecule has 1 aliphatic rings. The lowest BCUT2D eigenvalue weighted by Crippen LogP contribution is -2.48. The van der Waals surface area contributed by atoms with Gasteiger partial charge in [-0.1, -0.05) is 50.2 Å². The maximum Gasteiger partial charge on any atom is 0.253 e. The van der Waals surface area contributed by atoms with Gasteiger partial charge in [-0.05, 0) is 23.8 Å². The molecular weight excluding hydrogens is 386 g/mol. The van der Waals surface area contributed by atoms with Gasteiger partial charge in [0, 0.05) is 51.4 Å². The van der Waals surface area contributed by atoms with E-state index in [-0.39, 0.29) is 10.8 Å². The van der Waals surface area contributed by atoms with Crippen LogP contribution >= 0.6 is 0 Å². The van der Waals surface area contributed by atoms with Crippen LogP contribution in [0.15, 0.2) is 59.5 Å². The van der Waals surface area contributed by atoms with E-state index in [1.165, 1.54) is 15.9 Å². The number of nitrogens with zero attached hydrogens (tertiary/aromatic N) is 3. The summed E-state index contributed by atoms with van der Waals surface area (Å²) < 4.78 is 26.9. The van der Waals surface area contributed by atoms with Crippen LogP contribution in [0.5, 0.6) is 0 Å². The molecule has 0 N–H and O–H groups in total. The summed E-state index contributed by atoms with van der Waals surface area (Å²) in [4.78, 5) is 17.3. The van der Waals surface area contributed by atoms with Crippen LogP contribution in [0, 0.1) is 0 Å². The number of sulfonamides is 1. The summed E-state index contributed by atoms with van der Waals surface area (Å²) in [5, 5.41) is 0. The highest BCUT2D eigenvalue weighted by Gasteiger charge is 2.25. The molecule has 1 amide bonds. The third-order valence-corrected chi connectivity index (χ3v) is 7.38. The van der Waals surface area contributed by atoms with Crippen LogP contribution in [0.3, 0.4) is 0 Å². The zero-order valence-corrected chi connectivity index (χ0v) is 17.9. The Morgan fingerprint density at radius 3 is 2.21 bits per heavy atom. The summed E-state index contributed by atoms with van der Waals surface area (Å²) in [5.74, 6) is -0.110. The first-order valence-corrected chi connectivity index (χ1v) is 11.6. The standard InChI is InChI=1S/C22H29N3O3S/c1-3-25(4-2)29(27,28)21-12-8-11-20(17-21)22(26)24-15-13-23(14-16-24)18-19-9-6-5-7-10-19/h5-12,17H,3-4,13-16,18H2,1-2H3. The lowest BCUT2D eigenvalue weighted by atomic mass is 10.1. The molecule has 0 saturated carbocycles. The van der Waals surface area contributed by atoms with Gasteiger partial charge in [0.05, 0.1) is 4.90 Å². The molecule has 6 nitrogen and oxygen atoms in total. The Bertz CT molecular complexity index is 919. The summed E-state index contributed by atoms with van der Waals surface area (Å²) in [6, 6.07) is 16.7. The maximum atomic E-state index is 13.0. The van der Waals surface area contributed by atoms with E-state index in [4.69, 9.17) is 0 Å². The fourth-order valence-electron chi connectivity index (χ4n) is 3.64. The first-order chi connectivity index (χ1) is 14.0. The molecule has 0 bridgehead atoms. The Balaban J connectivity index is 1.66. The number of benzene rings is 2. The van der Waals surface area contributed by atoms with E-state index in [0.717, 1.165) is 19.6 Å². The van der Waals surface area contributed by atoms with Crippen molar-refractivity contribution in [2.75, 3.05) is 39.3 Å². The van der Waals surface area contributed by atoms with Crippen LogP contribution in [-0.4, -0.2) is 67.7 Å². The number of hydrogen-bond acceptors (Lipinski definition) is 4. The van der Waals surface area contributed by atoms with E-state index in [9.17, 15) is 13.2 Å². The molecule has 0 aromatic heterocycles. The summed E-state index contributed by atoms with van der Waals surface area (Å²) in [6.07, 6.45) is 0. The van der Waals surface area contributed by atoms with Crippen molar-refractivity contribution < 1.29 is 13.2 Å². The minimum absolute atomic E-state index is 0.110. The minimum atomic E-state index is -3.58. The molecule has 1 saturated heterocycles. The van der Waals surface area contributed by atoms with Gasteiger partial charge in [0.2, 0.25) is 10.0 Å². The molecular formula is C22H29N3O3S. The molecule has 156 valence electrons. The molecule has 1 heterocycles. The van der Waals surface area contributed by atoms with Gasteiger partial charge in [-0.2, -0.15) is 4.31 Å². The molecule has 0 radical (unpaired) electrons. The van der Waals surface area contributed by atoms with Gasteiger partial charge in [0.15, 0.2) is 0 Å². The number of carbonyl (C=O) groups excluding carboxylic acids is 1. The van der Waals surface area contributed by atoms with Crippen molar-refractivity contribution in [1.82, 2.24) is 14.1 Å². The van der Waals surface area contributed by atoms with Gasteiger partial charge in [-0.15, -0.1) is 0 Å². The van der Waals surface area contributed by atoms with E-state index in [1.54, 1.807) is 18.2 Å². The van der Waals surface area contributed by atoms with Gasteiger partial charge < -0.3 is 4.90 Å². The van der Waals surface area contributed by atoms with Gasteiger partial charge >= 0.3 is 0 Å². The highest BCUT2D eigenvalue weighted by Crippen LogP contribution is 2.19. The number of hydrogen-bond donors (Lipinski definition) is 0. The van der Waals surface area contributed by atoms with Crippen LogP contribution < -0.4 is 0 Å². The molecule has 2 aromatic rings. The van der Waals surface area contributed by atoms with Crippen LogP contribution in [0.2, 0.25) is 0 Å². The quantitative estimate of drug-likeness (QED) is 0.698. The van der Waals surface area contributed by atoms with Crippen molar-refractivity contribution in [1.29, 1.82) is 0 Å². The van der Waals surface area contributed by atoms with Crippen molar-refractivity contribution in [2.24, 2.45) is 0 Å². The normalized spacial score (nSPS) is 15.6. The SMILES string of the molecule is CCN(CC)S(=O)(=O)c1cccc(C(=O)N2CCN(Cc3ccccc3)CC2)c1. The Morgan fingerprint density at radius 2 is 1.59 bits per heavy atom. The predicted molar refractivity (Wildman–Crippen MR) is 114 cm³/mol. The monoisotopic (exact) mass is 415 g/mol. The molecule has 0 aliphatic carbocycles. The zero-order valence-electron chi connectivity index (χ0n) is 17.1. The second kappa shape index (κ2) is 9.52. The first kappa shape index (κ1) is 21.5. The maximum absolute atomic E-state index is 13.0. The van der Waals surface area contributed by atoms with Gasteiger partial charge in [-0.25, -0.2) is 8.42 Å². The number of amides is 1. The van der Waals surface area contributed by atoms with Crippen molar-refractivity contribution in [3.8, 4) is 0 Å². The first-order valence-electron chi connectivity index (χ1n) is 10.1. The molecule has 0 atom stereocenters. The second-order valence-corrected chi connectivity index (χ2v) is 9.11. The van der Waals surface area contributed by atoms with E-state index >= 15 is 0 Å². The summed E-state index contributed by atoms with van der Waals surface area (Å²) in [6.45, 7) is 8.19. The Hall–Kier alpha value is -2.22. The van der Waals surface area contributed by atoms with E-state index < -0.39 is 10.0 Å². The third kappa shape index (κ3) is 5.04. The van der Waals surface area contributed by atoms with Crippen LogP contribution in [0.4, 0.5) is 0 Å². The lowest BCUT2D eigenvalue weighted by molar-refractivity contribution is 0.0628. The molecule has 3 rings (SSSR count). The van der Waals surface area contributed by atoms with E-state index in [1.807, 2.05) is 36.9 Å². The average Bonchev–Trinajstić information content (AvgIpc) is 2.75. The Kier molecular flexibility index (Phi) is 7.05. The molecule has 0 unspecified atom stereocenters. The molecule has 0 spiro atoms. The van der Waals surface area contributed by atoms with Gasteiger partial charge in [-0.3, -0.25) is 9.69 Å². The summed E-state index contributed by atoms with van der Waals surface area (Å²) >= 11 is 0. The highest BCUT2D eigenvalue weighted by atomic mass is 32.2. The average molecular weight is 416 g/mol. The van der Waals surface area contributed by atoms with Crippen LogP contribution in [0.1, 0.15) is 29.8 Å². The third-order valence-electron chi connectivity index (χ3n) is 5.33. The Morgan fingerprint density at radius 1 is 0.931 bits per heavy atom. The molecule has 2 aromatic carbocycles. The number of piperazine rings is 1. The van der Waals surface area contributed by atoms with Gasteiger partial charge in [0.1, 0.15) is 0 Å². The second-order valence-electron chi connectivity index (χ2n) is 7.17. The highest BCUT2D eigenvalue weighted by molar-refractivity contribution is 7.89. The smallest absolute Gasteiger partial charge is 0.253 e. The molecule has 1 aliphatic heterocycles. The van der Waals surface area contributed by atoms with Crippen LogP contribution in [-0.2, 0) is 16.6 Å². The Labute approximate surface area is 173 Å². The van der Waals surface area contributed by atoms with E-state index in [2.05, 4.69) is 17.0 Å². The minimum Gasteiger partial charge on any atom is -0.336 e. The number of rotatable bonds is 7.